The molecule has 8 heteroatoms. The fourth-order valence-electron chi connectivity index (χ4n) is 2.35. The van der Waals surface area contributed by atoms with Crippen molar-refractivity contribution in [2.75, 3.05) is 37.4 Å². The minimum atomic E-state index is 0.127. The van der Waals surface area contributed by atoms with Crippen LogP contribution in [0.25, 0.3) is 0 Å². The van der Waals surface area contributed by atoms with Gasteiger partial charge in [-0.15, -0.1) is 10.2 Å². The SMILES string of the molecule is Cc1cccc(Nc2nnc(SCC(=O)N3CCOCC3)s2)c1C. The van der Waals surface area contributed by atoms with Gasteiger partial charge in [-0.05, 0) is 31.0 Å². The van der Waals surface area contributed by atoms with Crippen LogP contribution in [-0.2, 0) is 9.53 Å². The van der Waals surface area contributed by atoms with Gasteiger partial charge in [0.15, 0.2) is 4.34 Å². The number of amides is 1. The first-order chi connectivity index (χ1) is 11.6. The van der Waals surface area contributed by atoms with Crippen LogP contribution in [0.3, 0.4) is 0 Å². The fraction of sp³-hybridized carbons (Fsp3) is 0.438. The molecular formula is C16H20N4O2S2. The van der Waals surface area contributed by atoms with Crippen LogP contribution in [0.4, 0.5) is 10.8 Å². The Kier molecular flexibility index (Phi) is 5.70. The Labute approximate surface area is 149 Å². The van der Waals surface area contributed by atoms with E-state index in [4.69, 9.17) is 4.74 Å². The van der Waals surface area contributed by atoms with Crippen molar-refractivity contribution in [2.45, 2.75) is 18.2 Å². The smallest absolute Gasteiger partial charge is 0.233 e. The van der Waals surface area contributed by atoms with Crippen LogP contribution in [0.15, 0.2) is 22.5 Å². The summed E-state index contributed by atoms with van der Waals surface area (Å²) >= 11 is 2.90. The number of thioether (sulfide) groups is 1. The molecule has 24 heavy (non-hydrogen) atoms. The van der Waals surface area contributed by atoms with Crippen molar-refractivity contribution in [3.8, 4) is 0 Å². The second-order valence-electron chi connectivity index (χ2n) is 5.53. The average molecular weight is 364 g/mol. The van der Waals surface area contributed by atoms with Crippen LogP contribution >= 0.6 is 23.1 Å². The van der Waals surface area contributed by atoms with Crippen LogP contribution in [0.2, 0.25) is 0 Å². The van der Waals surface area contributed by atoms with E-state index in [-0.39, 0.29) is 5.91 Å². The molecule has 1 fully saturated rings. The third-order valence-electron chi connectivity index (χ3n) is 3.94. The van der Waals surface area contributed by atoms with Crippen molar-refractivity contribution in [2.24, 2.45) is 0 Å². The molecular weight excluding hydrogens is 344 g/mol. The van der Waals surface area contributed by atoms with E-state index in [0.717, 1.165) is 15.2 Å². The zero-order valence-electron chi connectivity index (χ0n) is 13.7. The van der Waals surface area contributed by atoms with Crippen molar-refractivity contribution in [3.05, 3.63) is 29.3 Å². The van der Waals surface area contributed by atoms with Crippen molar-refractivity contribution >= 4 is 39.8 Å². The number of rotatable bonds is 5. The van der Waals surface area contributed by atoms with Gasteiger partial charge < -0.3 is 15.0 Å². The molecule has 0 atom stereocenters. The molecule has 1 aliphatic heterocycles. The van der Waals surface area contributed by atoms with Crippen molar-refractivity contribution in [3.63, 3.8) is 0 Å². The van der Waals surface area contributed by atoms with Gasteiger partial charge in [0.2, 0.25) is 11.0 Å². The Morgan fingerprint density at radius 2 is 2.12 bits per heavy atom. The van der Waals surface area contributed by atoms with E-state index in [9.17, 15) is 4.79 Å². The second-order valence-corrected chi connectivity index (χ2v) is 7.73. The molecule has 1 N–H and O–H groups in total. The fourth-order valence-corrected chi connectivity index (χ4v) is 4.01. The highest BCUT2D eigenvalue weighted by molar-refractivity contribution is 8.01. The lowest BCUT2D eigenvalue weighted by molar-refractivity contribution is -0.132. The summed E-state index contributed by atoms with van der Waals surface area (Å²) in [6.07, 6.45) is 0. The number of carbonyl (C=O) groups excluding carboxylic acids is 1. The van der Waals surface area contributed by atoms with Crippen molar-refractivity contribution in [1.29, 1.82) is 0 Å². The van der Waals surface area contributed by atoms with E-state index in [1.807, 2.05) is 17.0 Å². The topological polar surface area (TPSA) is 67.4 Å². The van der Waals surface area contributed by atoms with E-state index < -0.39 is 0 Å². The van der Waals surface area contributed by atoms with Crippen molar-refractivity contribution in [1.82, 2.24) is 15.1 Å². The lowest BCUT2D eigenvalue weighted by Crippen LogP contribution is -2.41. The monoisotopic (exact) mass is 364 g/mol. The number of aromatic nitrogens is 2. The maximum atomic E-state index is 12.1. The van der Waals surface area contributed by atoms with Gasteiger partial charge in [-0.1, -0.05) is 35.2 Å². The summed E-state index contributed by atoms with van der Waals surface area (Å²) in [7, 11) is 0. The Balaban J connectivity index is 1.55. The summed E-state index contributed by atoms with van der Waals surface area (Å²) in [5.41, 5.74) is 3.46. The highest BCUT2D eigenvalue weighted by Gasteiger charge is 2.17. The van der Waals surface area contributed by atoms with Gasteiger partial charge >= 0.3 is 0 Å². The third kappa shape index (κ3) is 4.25. The number of aryl methyl sites for hydroxylation is 1. The van der Waals surface area contributed by atoms with Crippen molar-refractivity contribution < 1.29 is 9.53 Å². The molecule has 0 bridgehead atoms. The Morgan fingerprint density at radius 3 is 2.92 bits per heavy atom. The molecule has 0 radical (unpaired) electrons. The highest BCUT2D eigenvalue weighted by atomic mass is 32.2. The molecule has 2 heterocycles. The molecule has 6 nitrogen and oxygen atoms in total. The Bertz CT molecular complexity index is 714. The quantitative estimate of drug-likeness (QED) is 0.823. The molecule has 1 aliphatic rings. The van der Waals surface area contributed by atoms with Crippen LogP contribution in [0.1, 0.15) is 11.1 Å². The van der Waals surface area contributed by atoms with Crippen LogP contribution in [0, 0.1) is 13.8 Å². The van der Waals surface area contributed by atoms with E-state index in [0.29, 0.717) is 32.1 Å². The number of benzene rings is 1. The second kappa shape index (κ2) is 7.96. The molecule has 1 aromatic carbocycles. The van der Waals surface area contributed by atoms with Crippen LogP contribution in [0.5, 0.6) is 0 Å². The number of nitrogens with zero attached hydrogens (tertiary/aromatic N) is 3. The first-order valence-electron chi connectivity index (χ1n) is 7.78. The average Bonchev–Trinajstić information content (AvgIpc) is 3.05. The zero-order chi connectivity index (χ0) is 16.9. The van der Waals surface area contributed by atoms with Gasteiger partial charge in [-0.25, -0.2) is 0 Å². The normalized spacial score (nSPS) is 14.7. The number of anilines is 2. The van der Waals surface area contributed by atoms with E-state index >= 15 is 0 Å². The molecule has 0 spiro atoms. The highest BCUT2D eigenvalue weighted by Crippen LogP contribution is 2.29. The maximum absolute atomic E-state index is 12.1. The summed E-state index contributed by atoms with van der Waals surface area (Å²) in [4.78, 5) is 14.0. The number of carbonyl (C=O) groups is 1. The predicted molar refractivity (Wildman–Crippen MR) is 97.2 cm³/mol. The number of morpholine rings is 1. The summed E-state index contributed by atoms with van der Waals surface area (Å²) in [6, 6.07) is 6.13. The predicted octanol–water partition coefficient (Wildman–Crippen LogP) is 2.85. The molecule has 3 rings (SSSR count). The minimum Gasteiger partial charge on any atom is -0.378 e. The van der Waals surface area contributed by atoms with E-state index in [1.165, 1.54) is 34.2 Å². The third-order valence-corrected chi connectivity index (χ3v) is 5.89. The number of hydrogen-bond acceptors (Lipinski definition) is 7. The molecule has 0 saturated carbocycles. The summed E-state index contributed by atoms with van der Waals surface area (Å²) in [6.45, 7) is 6.76. The molecule has 1 aromatic heterocycles. The van der Waals surface area contributed by atoms with Gasteiger partial charge in [0.05, 0.1) is 19.0 Å². The van der Waals surface area contributed by atoms with Gasteiger partial charge in [0.1, 0.15) is 0 Å². The Hall–Kier alpha value is -1.64. The first kappa shape index (κ1) is 17.2. The summed E-state index contributed by atoms with van der Waals surface area (Å²) < 4.78 is 6.06. The van der Waals surface area contributed by atoms with E-state index in [1.54, 1.807) is 0 Å². The largest absolute Gasteiger partial charge is 0.378 e. The standard InChI is InChI=1S/C16H20N4O2S2/c1-11-4-3-5-13(12(11)2)17-15-18-19-16(24-15)23-10-14(21)20-6-8-22-9-7-20/h3-5H,6-10H2,1-2H3,(H,17,18). The number of nitrogens with one attached hydrogen (secondary N) is 1. The summed E-state index contributed by atoms with van der Waals surface area (Å²) in [5.74, 6) is 0.514. The molecule has 2 aromatic rings. The maximum Gasteiger partial charge on any atom is 0.233 e. The molecule has 1 amide bonds. The first-order valence-corrected chi connectivity index (χ1v) is 9.59. The summed E-state index contributed by atoms with van der Waals surface area (Å²) in [5, 5.41) is 12.4. The zero-order valence-corrected chi connectivity index (χ0v) is 15.4. The van der Waals surface area contributed by atoms with E-state index in [2.05, 4.69) is 35.4 Å². The molecule has 0 aliphatic carbocycles. The Morgan fingerprint density at radius 1 is 1.33 bits per heavy atom. The molecule has 128 valence electrons. The number of hydrogen-bond donors (Lipinski definition) is 1. The lowest BCUT2D eigenvalue weighted by atomic mass is 10.1. The minimum absolute atomic E-state index is 0.127. The van der Waals surface area contributed by atoms with Gasteiger partial charge in [0.25, 0.3) is 0 Å². The number of ether oxygens (including phenoxy) is 1. The lowest BCUT2D eigenvalue weighted by Gasteiger charge is -2.26. The van der Waals surface area contributed by atoms with Gasteiger partial charge in [-0.3, -0.25) is 4.79 Å². The van der Waals surface area contributed by atoms with Crippen LogP contribution < -0.4 is 5.32 Å². The molecule has 1 saturated heterocycles. The van der Waals surface area contributed by atoms with Crippen LogP contribution in [-0.4, -0.2) is 53.1 Å². The van der Waals surface area contributed by atoms with Gasteiger partial charge in [0, 0.05) is 18.8 Å². The molecule has 0 unspecified atom stereocenters. The van der Waals surface area contributed by atoms with Gasteiger partial charge in [-0.2, -0.15) is 0 Å².